The van der Waals surface area contributed by atoms with Crippen LogP contribution in [0.2, 0.25) is 0 Å². The van der Waals surface area contributed by atoms with Crippen molar-refractivity contribution in [2.75, 3.05) is 0 Å². The van der Waals surface area contributed by atoms with Crippen LogP contribution in [0.15, 0.2) is 9.47 Å². The molecule has 5 heteroatoms. The Morgan fingerprint density at radius 2 is 1.92 bits per heavy atom. The normalized spacial score (nSPS) is 12.1. The summed E-state index contributed by atoms with van der Waals surface area (Å²) in [5.74, 6) is 0. The Kier molecular flexibility index (Phi) is 2.93. The quantitative estimate of drug-likeness (QED) is 0.798. The summed E-state index contributed by atoms with van der Waals surface area (Å²) in [5.41, 5.74) is 0.218. The van der Waals surface area contributed by atoms with E-state index < -0.39 is 0 Å². The van der Waals surface area contributed by atoms with Crippen LogP contribution in [0.1, 0.15) is 20.8 Å². The lowest BCUT2D eigenvalue weighted by Gasteiger charge is -2.17. The Labute approximate surface area is 88.8 Å². The van der Waals surface area contributed by atoms with Crippen molar-refractivity contribution < 1.29 is 0 Å². The van der Waals surface area contributed by atoms with Gasteiger partial charge in [-0.05, 0) is 37.3 Å². The van der Waals surface area contributed by atoms with Crippen molar-refractivity contribution in [2.45, 2.75) is 27.3 Å². The first-order chi connectivity index (χ1) is 5.38. The minimum atomic E-state index is 0.218. The smallest absolute Gasteiger partial charge is 0.218 e. The van der Waals surface area contributed by atoms with Crippen molar-refractivity contribution in [3.8, 4) is 0 Å². The second kappa shape index (κ2) is 3.46. The highest BCUT2D eigenvalue weighted by atomic mass is 79.9. The Bertz CT molecular complexity index is 275. The molecule has 0 bridgehead atoms. The molecule has 1 aromatic rings. The van der Waals surface area contributed by atoms with Crippen molar-refractivity contribution in [3.63, 3.8) is 0 Å². The molecule has 3 nitrogen and oxygen atoms in total. The van der Waals surface area contributed by atoms with Crippen molar-refractivity contribution in [1.29, 1.82) is 0 Å². The predicted molar refractivity (Wildman–Crippen MR) is 54.9 cm³/mol. The van der Waals surface area contributed by atoms with Crippen LogP contribution in [-0.2, 0) is 6.54 Å². The van der Waals surface area contributed by atoms with E-state index in [1.54, 1.807) is 0 Å². The van der Waals surface area contributed by atoms with Crippen LogP contribution in [0, 0.1) is 5.41 Å². The maximum absolute atomic E-state index is 4.17. The lowest BCUT2D eigenvalue weighted by Crippen LogP contribution is -2.16. The zero-order valence-corrected chi connectivity index (χ0v) is 10.5. The van der Waals surface area contributed by atoms with Crippen LogP contribution in [0.25, 0.3) is 0 Å². The monoisotopic (exact) mass is 295 g/mol. The van der Waals surface area contributed by atoms with Gasteiger partial charge in [-0.3, -0.25) is 0 Å². The molecule has 0 amide bonds. The Balaban J connectivity index is 2.82. The zero-order valence-electron chi connectivity index (χ0n) is 7.30. The molecule has 1 rings (SSSR count). The second-order valence-electron chi connectivity index (χ2n) is 3.87. The van der Waals surface area contributed by atoms with Gasteiger partial charge >= 0.3 is 0 Å². The van der Waals surface area contributed by atoms with Gasteiger partial charge < -0.3 is 0 Å². The van der Waals surface area contributed by atoms with Crippen LogP contribution in [0.5, 0.6) is 0 Å². The summed E-state index contributed by atoms with van der Waals surface area (Å²) in [5, 5.41) is 4.17. The predicted octanol–water partition coefficient (Wildman–Crippen LogP) is 2.85. The van der Waals surface area contributed by atoms with E-state index >= 15 is 0 Å². The molecule has 0 atom stereocenters. The fourth-order valence-electron chi connectivity index (χ4n) is 0.847. The maximum atomic E-state index is 4.17. The van der Waals surface area contributed by atoms with Crippen molar-refractivity contribution in [3.05, 3.63) is 9.47 Å². The summed E-state index contributed by atoms with van der Waals surface area (Å²) in [6.45, 7) is 7.34. The van der Waals surface area contributed by atoms with Gasteiger partial charge in [-0.15, -0.1) is 5.10 Å². The van der Waals surface area contributed by atoms with Gasteiger partial charge in [0.15, 0.2) is 4.73 Å². The zero-order chi connectivity index (χ0) is 9.35. The first-order valence-electron chi connectivity index (χ1n) is 3.64. The first kappa shape index (κ1) is 10.2. The van der Waals surface area contributed by atoms with Gasteiger partial charge in [0.25, 0.3) is 0 Å². The summed E-state index contributed by atoms with van der Waals surface area (Å²) in [4.78, 5) is 4.08. The fourth-order valence-corrected chi connectivity index (χ4v) is 1.82. The Morgan fingerprint density at radius 3 is 2.25 bits per heavy atom. The summed E-state index contributed by atoms with van der Waals surface area (Å²) < 4.78 is 3.23. The standard InChI is InChI=1S/C7H11Br2N3/c1-7(2,3)4-12-6(9)10-5(8)11-12/h4H2,1-3H3. The van der Waals surface area contributed by atoms with Gasteiger partial charge in [-0.1, -0.05) is 20.8 Å². The van der Waals surface area contributed by atoms with E-state index in [-0.39, 0.29) is 5.41 Å². The van der Waals surface area contributed by atoms with E-state index in [1.165, 1.54) is 0 Å². The van der Waals surface area contributed by atoms with Crippen LogP contribution in [0.4, 0.5) is 0 Å². The number of hydrogen-bond donors (Lipinski definition) is 0. The van der Waals surface area contributed by atoms with E-state index in [9.17, 15) is 0 Å². The number of halogens is 2. The molecule has 0 radical (unpaired) electrons. The molecule has 0 N–H and O–H groups in total. The summed E-state index contributed by atoms with van der Waals surface area (Å²) >= 11 is 6.55. The molecule has 0 spiro atoms. The van der Waals surface area contributed by atoms with E-state index in [2.05, 4.69) is 62.7 Å². The Hall–Kier alpha value is 0.1000. The highest BCUT2D eigenvalue weighted by Gasteiger charge is 2.14. The summed E-state index contributed by atoms with van der Waals surface area (Å²) in [6.07, 6.45) is 0. The molecule has 0 aliphatic heterocycles. The van der Waals surface area contributed by atoms with E-state index in [0.29, 0.717) is 4.73 Å². The fraction of sp³-hybridized carbons (Fsp3) is 0.714. The van der Waals surface area contributed by atoms with E-state index in [0.717, 1.165) is 11.3 Å². The average Bonchev–Trinajstić information content (AvgIpc) is 2.06. The van der Waals surface area contributed by atoms with Crippen molar-refractivity contribution in [2.24, 2.45) is 5.41 Å². The minimum absolute atomic E-state index is 0.218. The number of hydrogen-bond acceptors (Lipinski definition) is 2. The third-order valence-corrected chi connectivity index (χ3v) is 2.15. The summed E-state index contributed by atoms with van der Waals surface area (Å²) in [6, 6.07) is 0. The summed E-state index contributed by atoms with van der Waals surface area (Å²) in [7, 11) is 0. The minimum Gasteiger partial charge on any atom is -0.239 e. The van der Waals surface area contributed by atoms with Gasteiger partial charge in [0.1, 0.15) is 0 Å². The van der Waals surface area contributed by atoms with Gasteiger partial charge in [0, 0.05) is 6.54 Å². The third kappa shape index (κ3) is 2.86. The topological polar surface area (TPSA) is 30.7 Å². The second-order valence-corrected chi connectivity index (χ2v) is 5.29. The number of aromatic nitrogens is 3. The van der Waals surface area contributed by atoms with Crippen LogP contribution >= 0.6 is 31.9 Å². The van der Waals surface area contributed by atoms with Crippen LogP contribution < -0.4 is 0 Å². The highest BCUT2D eigenvalue weighted by Crippen LogP contribution is 2.19. The van der Waals surface area contributed by atoms with Gasteiger partial charge in [0.05, 0.1) is 0 Å². The molecule has 1 aromatic heterocycles. The molecule has 0 aliphatic carbocycles. The molecule has 0 saturated heterocycles. The van der Waals surface area contributed by atoms with E-state index in [4.69, 9.17) is 0 Å². The molecule has 0 saturated carbocycles. The molecule has 0 fully saturated rings. The largest absolute Gasteiger partial charge is 0.239 e. The lowest BCUT2D eigenvalue weighted by atomic mass is 9.97. The molecule has 68 valence electrons. The highest BCUT2D eigenvalue weighted by molar-refractivity contribution is 9.11. The first-order valence-corrected chi connectivity index (χ1v) is 5.23. The van der Waals surface area contributed by atoms with Crippen LogP contribution in [0.3, 0.4) is 0 Å². The van der Waals surface area contributed by atoms with Gasteiger partial charge in [-0.2, -0.15) is 4.98 Å². The molecular weight excluding hydrogens is 286 g/mol. The average molecular weight is 297 g/mol. The molecule has 0 aliphatic rings. The molecular formula is C7H11Br2N3. The lowest BCUT2D eigenvalue weighted by molar-refractivity contribution is 0.321. The molecule has 12 heavy (non-hydrogen) atoms. The van der Waals surface area contributed by atoms with Crippen molar-refractivity contribution in [1.82, 2.24) is 14.8 Å². The van der Waals surface area contributed by atoms with Crippen molar-refractivity contribution >= 4 is 31.9 Å². The van der Waals surface area contributed by atoms with Gasteiger partial charge in [0.2, 0.25) is 4.73 Å². The molecule has 0 unspecified atom stereocenters. The van der Waals surface area contributed by atoms with E-state index in [1.807, 2.05) is 4.68 Å². The Morgan fingerprint density at radius 1 is 1.33 bits per heavy atom. The third-order valence-electron chi connectivity index (χ3n) is 1.22. The van der Waals surface area contributed by atoms with Crippen LogP contribution in [-0.4, -0.2) is 14.8 Å². The SMILES string of the molecule is CC(C)(C)Cn1nc(Br)nc1Br. The van der Waals surface area contributed by atoms with Gasteiger partial charge in [-0.25, -0.2) is 4.68 Å². The number of rotatable bonds is 1. The number of nitrogens with zero attached hydrogens (tertiary/aromatic N) is 3. The maximum Gasteiger partial charge on any atom is 0.218 e. The molecule has 1 heterocycles. The molecule has 0 aromatic carbocycles.